The molecule has 3 aromatic rings. The van der Waals surface area contributed by atoms with E-state index in [0.29, 0.717) is 22.4 Å². The number of hydrogen-bond donors (Lipinski definition) is 1. The summed E-state index contributed by atoms with van der Waals surface area (Å²) in [5.41, 5.74) is 3.60. The van der Waals surface area contributed by atoms with Gasteiger partial charge in [-0.2, -0.15) is 0 Å². The van der Waals surface area contributed by atoms with Gasteiger partial charge in [0.05, 0.1) is 5.56 Å². The molecule has 1 aliphatic rings. The summed E-state index contributed by atoms with van der Waals surface area (Å²) in [5.74, 6) is 0.472. The predicted octanol–water partition coefficient (Wildman–Crippen LogP) is 3.16. The molecule has 0 unspecified atom stereocenters. The number of pyridine rings is 1. The third-order valence-electron chi connectivity index (χ3n) is 6.24. The summed E-state index contributed by atoms with van der Waals surface area (Å²) in [6.45, 7) is 5.96. The summed E-state index contributed by atoms with van der Waals surface area (Å²) in [5, 5.41) is 0.697. The fourth-order valence-electron chi connectivity index (χ4n) is 4.39. The smallest absolute Gasteiger partial charge is 0.274 e. The second kappa shape index (κ2) is 8.48. The highest BCUT2D eigenvalue weighted by Gasteiger charge is 2.24. The van der Waals surface area contributed by atoms with E-state index in [0.717, 1.165) is 39.0 Å². The zero-order chi connectivity index (χ0) is 21.3. The summed E-state index contributed by atoms with van der Waals surface area (Å²) in [4.78, 5) is 32.6. The molecule has 0 saturated carbocycles. The summed E-state index contributed by atoms with van der Waals surface area (Å²) in [7, 11) is 3.55. The van der Waals surface area contributed by atoms with Crippen LogP contribution >= 0.6 is 0 Å². The van der Waals surface area contributed by atoms with Crippen molar-refractivity contribution >= 4 is 16.8 Å². The third-order valence-corrected chi connectivity index (χ3v) is 6.24. The van der Waals surface area contributed by atoms with Crippen LogP contribution in [0.25, 0.3) is 10.9 Å². The van der Waals surface area contributed by atoms with Gasteiger partial charge in [-0.15, -0.1) is 0 Å². The Morgan fingerprint density at radius 1 is 1.17 bits per heavy atom. The molecule has 2 aromatic heterocycles. The topological polar surface area (TPSA) is 61.3 Å². The van der Waals surface area contributed by atoms with Crippen molar-refractivity contribution in [3.63, 3.8) is 0 Å². The molecule has 1 N–H and O–H groups in total. The van der Waals surface area contributed by atoms with Crippen LogP contribution in [0.15, 0.2) is 47.5 Å². The third kappa shape index (κ3) is 4.19. The minimum absolute atomic E-state index is 0.0303. The fourth-order valence-corrected chi connectivity index (χ4v) is 4.39. The lowest BCUT2D eigenvalue weighted by atomic mass is 9.95. The van der Waals surface area contributed by atoms with Crippen molar-refractivity contribution in [2.45, 2.75) is 26.3 Å². The number of H-pyrrole nitrogens is 1. The number of aromatic nitrogens is 2. The van der Waals surface area contributed by atoms with E-state index in [1.165, 1.54) is 15.7 Å². The molecule has 0 aliphatic carbocycles. The molecule has 1 aromatic carbocycles. The normalized spacial score (nSPS) is 15.6. The molecule has 6 nitrogen and oxygen atoms in total. The van der Waals surface area contributed by atoms with Gasteiger partial charge in [-0.3, -0.25) is 14.5 Å². The molecular formula is C24H30N4O2. The maximum atomic E-state index is 13.1. The fraction of sp³-hybridized carbons (Fsp3) is 0.417. The van der Waals surface area contributed by atoms with Gasteiger partial charge in [0.15, 0.2) is 0 Å². The summed E-state index contributed by atoms with van der Waals surface area (Å²) in [6, 6.07) is 10.6. The Hall–Kier alpha value is -2.86. The minimum Gasteiger partial charge on any atom is -0.357 e. The SMILES string of the molecule is Cc1ccc(CN2CCC(CN(C)C(=O)c3cn(C)c(=O)c4[nH]ccc34)CC2)cc1. The first-order valence-electron chi connectivity index (χ1n) is 10.6. The van der Waals surface area contributed by atoms with Gasteiger partial charge >= 0.3 is 0 Å². The number of aromatic amines is 1. The lowest BCUT2D eigenvalue weighted by molar-refractivity contribution is 0.0738. The highest BCUT2D eigenvalue weighted by atomic mass is 16.2. The molecule has 4 rings (SSSR count). The number of aryl methyl sites for hydroxylation is 2. The monoisotopic (exact) mass is 406 g/mol. The van der Waals surface area contributed by atoms with Gasteiger partial charge in [-0.1, -0.05) is 29.8 Å². The minimum atomic E-state index is -0.116. The van der Waals surface area contributed by atoms with E-state index < -0.39 is 0 Å². The van der Waals surface area contributed by atoms with Gasteiger partial charge in [0.2, 0.25) is 0 Å². The lowest BCUT2D eigenvalue weighted by Gasteiger charge is -2.34. The second-order valence-corrected chi connectivity index (χ2v) is 8.62. The number of fused-ring (bicyclic) bond motifs is 1. The van der Waals surface area contributed by atoms with E-state index in [2.05, 4.69) is 41.1 Å². The largest absolute Gasteiger partial charge is 0.357 e. The molecule has 0 spiro atoms. The van der Waals surface area contributed by atoms with Gasteiger partial charge < -0.3 is 14.5 Å². The van der Waals surface area contributed by atoms with E-state index in [9.17, 15) is 9.59 Å². The molecular weight excluding hydrogens is 376 g/mol. The average Bonchev–Trinajstić information content (AvgIpc) is 3.23. The van der Waals surface area contributed by atoms with E-state index in [1.54, 1.807) is 25.5 Å². The van der Waals surface area contributed by atoms with Crippen molar-refractivity contribution in [1.82, 2.24) is 19.4 Å². The number of rotatable bonds is 5. The second-order valence-electron chi connectivity index (χ2n) is 8.62. The van der Waals surface area contributed by atoms with Gasteiger partial charge in [0.25, 0.3) is 11.5 Å². The number of likely N-dealkylation sites (tertiary alicyclic amines) is 1. The lowest BCUT2D eigenvalue weighted by Crippen LogP contribution is -2.39. The Balaban J connectivity index is 1.36. The number of carbonyl (C=O) groups is 1. The van der Waals surface area contributed by atoms with Crippen molar-refractivity contribution in [2.75, 3.05) is 26.7 Å². The maximum absolute atomic E-state index is 13.1. The van der Waals surface area contributed by atoms with Crippen LogP contribution in [-0.2, 0) is 13.6 Å². The van der Waals surface area contributed by atoms with E-state index in [-0.39, 0.29) is 11.5 Å². The molecule has 1 fully saturated rings. The van der Waals surface area contributed by atoms with Crippen LogP contribution in [0.5, 0.6) is 0 Å². The average molecular weight is 407 g/mol. The van der Waals surface area contributed by atoms with Crippen molar-refractivity contribution in [3.8, 4) is 0 Å². The van der Waals surface area contributed by atoms with Crippen molar-refractivity contribution in [3.05, 3.63) is 69.8 Å². The highest BCUT2D eigenvalue weighted by Crippen LogP contribution is 2.22. The van der Waals surface area contributed by atoms with E-state index >= 15 is 0 Å². The Kier molecular flexibility index (Phi) is 5.77. The Labute approximate surface area is 177 Å². The van der Waals surface area contributed by atoms with E-state index in [4.69, 9.17) is 0 Å². The Morgan fingerprint density at radius 3 is 2.57 bits per heavy atom. The number of benzene rings is 1. The van der Waals surface area contributed by atoms with Gasteiger partial charge in [0, 0.05) is 45.0 Å². The van der Waals surface area contributed by atoms with Gasteiger partial charge in [-0.25, -0.2) is 0 Å². The summed E-state index contributed by atoms with van der Waals surface area (Å²) < 4.78 is 1.48. The van der Waals surface area contributed by atoms with E-state index in [1.807, 2.05) is 11.9 Å². The first-order valence-corrected chi connectivity index (χ1v) is 10.6. The van der Waals surface area contributed by atoms with Crippen LogP contribution in [0.4, 0.5) is 0 Å². The quantitative estimate of drug-likeness (QED) is 0.708. The summed E-state index contributed by atoms with van der Waals surface area (Å²) in [6.07, 6.45) is 5.56. The number of hydrogen-bond acceptors (Lipinski definition) is 3. The number of nitrogens with zero attached hydrogens (tertiary/aromatic N) is 3. The van der Waals surface area contributed by atoms with Crippen LogP contribution in [-0.4, -0.2) is 51.9 Å². The molecule has 1 saturated heterocycles. The zero-order valence-electron chi connectivity index (χ0n) is 18.0. The van der Waals surface area contributed by atoms with Crippen LogP contribution < -0.4 is 5.56 Å². The molecule has 0 radical (unpaired) electrons. The first kappa shape index (κ1) is 20.4. The molecule has 158 valence electrons. The van der Waals surface area contributed by atoms with Crippen LogP contribution in [0.2, 0.25) is 0 Å². The van der Waals surface area contributed by atoms with Crippen LogP contribution in [0.3, 0.4) is 0 Å². The van der Waals surface area contributed by atoms with Crippen LogP contribution in [0, 0.1) is 12.8 Å². The molecule has 0 atom stereocenters. The Bertz CT molecular complexity index is 1090. The molecule has 3 heterocycles. The highest BCUT2D eigenvalue weighted by molar-refractivity contribution is 6.05. The van der Waals surface area contributed by atoms with Gasteiger partial charge in [0.1, 0.15) is 5.52 Å². The molecule has 1 aliphatic heterocycles. The number of amides is 1. The molecule has 30 heavy (non-hydrogen) atoms. The number of nitrogens with one attached hydrogen (secondary N) is 1. The maximum Gasteiger partial charge on any atom is 0.274 e. The molecule has 6 heteroatoms. The van der Waals surface area contributed by atoms with Gasteiger partial charge in [-0.05, 0) is 50.4 Å². The standard InChI is InChI=1S/C24H30N4O2/c1-17-4-6-18(7-5-17)15-28-12-9-19(10-13-28)14-26(2)23(29)21-16-27(3)24(30)22-20(21)8-11-25-22/h4-8,11,16,19,25H,9-10,12-15H2,1-3H3. The number of carbonyl (C=O) groups excluding carboxylic acids is 1. The molecule has 0 bridgehead atoms. The summed E-state index contributed by atoms with van der Waals surface area (Å²) >= 11 is 0. The van der Waals surface area contributed by atoms with Crippen molar-refractivity contribution < 1.29 is 4.79 Å². The molecule has 1 amide bonds. The van der Waals surface area contributed by atoms with Crippen LogP contribution in [0.1, 0.15) is 34.3 Å². The number of piperidine rings is 1. The Morgan fingerprint density at radius 2 is 1.87 bits per heavy atom. The van der Waals surface area contributed by atoms with Crippen molar-refractivity contribution in [2.24, 2.45) is 13.0 Å². The predicted molar refractivity (Wildman–Crippen MR) is 120 cm³/mol. The zero-order valence-corrected chi connectivity index (χ0v) is 18.0. The van der Waals surface area contributed by atoms with Crippen molar-refractivity contribution in [1.29, 1.82) is 0 Å². The first-order chi connectivity index (χ1) is 14.4.